The summed E-state index contributed by atoms with van der Waals surface area (Å²) in [6.07, 6.45) is 4.76. The zero-order valence-corrected chi connectivity index (χ0v) is 22.2. The van der Waals surface area contributed by atoms with Crippen LogP contribution in [0.25, 0.3) is 27.6 Å². The Hall–Kier alpha value is -3.40. The molecule has 4 N–H and O–H groups in total. The molecule has 1 aliphatic heterocycles. The second-order valence-corrected chi connectivity index (χ2v) is 11.8. The maximum Gasteiger partial charge on any atom is 0.176 e. The monoisotopic (exact) mass is 519 g/mol. The normalized spacial score (nSPS) is 16.6. The number of pyridine rings is 1. The summed E-state index contributed by atoms with van der Waals surface area (Å²) < 4.78 is 33.8. The number of hydrogen-bond donors (Lipinski definition) is 2. The van der Waals surface area contributed by atoms with E-state index in [1.807, 2.05) is 36.4 Å². The highest BCUT2D eigenvalue weighted by molar-refractivity contribution is 7.91. The van der Waals surface area contributed by atoms with E-state index in [-0.39, 0.29) is 10.9 Å². The van der Waals surface area contributed by atoms with Gasteiger partial charge in [0.2, 0.25) is 0 Å². The van der Waals surface area contributed by atoms with E-state index in [4.69, 9.17) is 21.3 Å². The van der Waals surface area contributed by atoms with Crippen LogP contribution in [0.5, 0.6) is 0 Å². The summed E-state index contributed by atoms with van der Waals surface area (Å²) in [5, 5.41) is 2.12. The molecule has 4 aromatic rings. The number of sulfone groups is 1. The molecule has 1 fully saturated rings. The fraction of sp³-hybridized carbons (Fsp3) is 0.321. The first kappa shape index (κ1) is 25.3. The summed E-state index contributed by atoms with van der Waals surface area (Å²) in [5.41, 5.74) is 11.7. The van der Waals surface area contributed by atoms with Crippen LogP contribution in [0.1, 0.15) is 36.9 Å². The quantitative estimate of drug-likeness (QED) is 0.291. The zero-order chi connectivity index (χ0) is 26.3. The molecule has 1 saturated heterocycles. The lowest BCUT2D eigenvalue weighted by molar-refractivity contribution is 0.0553. The largest absolute Gasteiger partial charge is 0.401 e. The highest BCUT2D eigenvalue weighted by atomic mass is 32.2. The zero-order valence-electron chi connectivity index (χ0n) is 21.4. The molecule has 0 bridgehead atoms. The third kappa shape index (κ3) is 4.58. The van der Waals surface area contributed by atoms with Gasteiger partial charge in [0.15, 0.2) is 9.84 Å². The van der Waals surface area contributed by atoms with E-state index in [1.54, 1.807) is 26.2 Å². The van der Waals surface area contributed by atoms with Crippen molar-refractivity contribution in [1.82, 2.24) is 14.6 Å². The van der Waals surface area contributed by atoms with Crippen LogP contribution in [-0.4, -0.2) is 49.5 Å². The lowest BCUT2D eigenvalue weighted by Crippen LogP contribution is -2.27. The number of nitrogens with two attached hydrogens (primary N) is 2. The molecular formula is C28H33N5O3S. The first-order chi connectivity index (χ1) is 17.7. The Morgan fingerprint density at radius 2 is 1.81 bits per heavy atom. The lowest BCUT2D eigenvalue weighted by atomic mass is 9.86. The Balaban J connectivity index is 1.92. The van der Waals surface area contributed by atoms with Crippen LogP contribution in [-0.2, 0) is 14.6 Å². The van der Waals surface area contributed by atoms with Crippen molar-refractivity contribution in [2.45, 2.75) is 30.7 Å². The molecule has 0 amide bonds. The van der Waals surface area contributed by atoms with E-state index in [2.05, 4.69) is 16.7 Å². The van der Waals surface area contributed by atoms with Crippen LogP contribution in [0.4, 0.5) is 0 Å². The summed E-state index contributed by atoms with van der Waals surface area (Å²) in [7, 11) is -1.77. The van der Waals surface area contributed by atoms with E-state index >= 15 is 0 Å². The molecule has 5 rings (SSSR count). The van der Waals surface area contributed by atoms with Crippen molar-refractivity contribution in [2.24, 2.45) is 17.5 Å². The maximum absolute atomic E-state index is 12.9. The van der Waals surface area contributed by atoms with Gasteiger partial charge in [-0.05, 0) is 49.4 Å². The van der Waals surface area contributed by atoms with Crippen molar-refractivity contribution >= 4 is 37.5 Å². The number of fused-ring (bicyclic) bond motifs is 3. The summed E-state index contributed by atoms with van der Waals surface area (Å²) in [6, 6.07) is 17.8. The highest BCUT2D eigenvalue weighted by Crippen LogP contribution is 2.42. The number of nitrogens with zero attached hydrogens (tertiary/aromatic N) is 3. The van der Waals surface area contributed by atoms with Crippen LogP contribution in [0.3, 0.4) is 0 Å². The number of hydrogen-bond acceptors (Lipinski definition) is 7. The average Bonchev–Trinajstić information content (AvgIpc) is 3.18. The van der Waals surface area contributed by atoms with Crippen molar-refractivity contribution in [3.8, 4) is 0 Å². The highest BCUT2D eigenvalue weighted by Gasteiger charge is 2.31. The average molecular weight is 520 g/mol. The van der Waals surface area contributed by atoms with Gasteiger partial charge in [0.05, 0.1) is 33.2 Å². The Bertz CT molecular complexity index is 1580. The first-order valence-electron chi connectivity index (χ1n) is 12.4. The van der Waals surface area contributed by atoms with Crippen LogP contribution >= 0.6 is 0 Å². The Morgan fingerprint density at radius 3 is 2.43 bits per heavy atom. The minimum absolute atomic E-state index is 0.0426. The predicted octanol–water partition coefficient (Wildman–Crippen LogP) is 4.06. The fourth-order valence-electron chi connectivity index (χ4n) is 5.68. The van der Waals surface area contributed by atoms with Crippen molar-refractivity contribution in [3.63, 3.8) is 0 Å². The molecule has 0 aliphatic carbocycles. The minimum Gasteiger partial charge on any atom is -0.401 e. The van der Waals surface area contributed by atoms with Gasteiger partial charge in [-0.1, -0.05) is 36.4 Å². The number of rotatable bonds is 6. The number of aromatic nitrogens is 2. The molecule has 9 heteroatoms. The standard InChI is InChI=1S/C28H33N5O3S/c1-18(29)27(32(2)30)21-16-23-26(31-17-21)25-22(10-7-11-24(25)37(3,34)35)33(23)28(19-8-5-4-6-9-19)20-12-14-36-15-13-20/h4-11,16-17,20,28H,12-15,29-30H2,1-3H3/b27-18-. The summed E-state index contributed by atoms with van der Waals surface area (Å²) >= 11 is 0. The molecule has 1 atom stereocenters. The van der Waals surface area contributed by atoms with Crippen LogP contribution in [0, 0.1) is 5.92 Å². The smallest absolute Gasteiger partial charge is 0.176 e. The molecule has 0 radical (unpaired) electrons. The number of benzene rings is 2. The van der Waals surface area contributed by atoms with E-state index in [1.165, 1.54) is 11.3 Å². The van der Waals surface area contributed by atoms with E-state index in [0.717, 1.165) is 35.0 Å². The van der Waals surface area contributed by atoms with Gasteiger partial charge < -0.3 is 20.0 Å². The van der Waals surface area contributed by atoms with Crippen LogP contribution in [0.2, 0.25) is 0 Å². The van der Waals surface area contributed by atoms with Gasteiger partial charge in [0.25, 0.3) is 0 Å². The molecule has 2 aromatic carbocycles. The SMILES string of the molecule is C/C(N)=C(\c1cnc2c3c(S(C)(=O)=O)cccc3n(C(c3ccccc3)C3CCOCC3)c2c1)N(C)N. The molecule has 3 heterocycles. The third-order valence-electron chi connectivity index (χ3n) is 7.16. The molecule has 37 heavy (non-hydrogen) atoms. The molecule has 1 unspecified atom stereocenters. The molecule has 8 nitrogen and oxygen atoms in total. The van der Waals surface area contributed by atoms with E-state index in [0.29, 0.717) is 41.4 Å². The first-order valence-corrected chi connectivity index (χ1v) is 14.3. The van der Waals surface area contributed by atoms with Gasteiger partial charge in [-0.25, -0.2) is 14.3 Å². The molecule has 2 aromatic heterocycles. The number of hydrazine groups is 1. The topological polar surface area (TPSA) is 116 Å². The van der Waals surface area contributed by atoms with Gasteiger partial charge in [0.1, 0.15) is 0 Å². The second-order valence-electron chi connectivity index (χ2n) is 9.83. The van der Waals surface area contributed by atoms with Gasteiger partial charge >= 0.3 is 0 Å². The van der Waals surface area contributed by atoms with Crippen LogP contribution in [0.15, 0.2) is 71.4 Å². The van der Waals surface area contributed by atoms with Gasteiger partial charge in [-0.2, -0.15) is 0 Å². The van der Waals surface area contributed by atoms with E-state index < -0.39 is 9.84 Å². The lowest BCUT2D eigenvalue weighted by Gasteiger charge is -2.33. The molecule has 194 valence electrons. The third-order valence-corrected chi connectivity index (χ3v) is 8.30. The Morgan fingerprint density at radius 1 is 1.11 bits per heavy atom. The molecular weight excluding hydrogens is 486 g/mol. The molecule has 0 saturated carbocycles. The maximum atomic E-state index is 12.9. The summed E-state index contributed by atoms with van der Waals surface area (Å²) in [4.78, 5) is 5.10. The summed E-state index contributed by atoms with van der Waals surface area (Å²) in [5.74, 6) is 6.44. The number of ether oxygens (including phenoxy) is 1. The molecule has 1 aliphatic rings. The number of allylic oxidation sites excluding steroid dienone is 1. The van der Waals surface area contributed by atoms with Crippen molar-refractivity contribution < 1.29 is 13.2 Å². The summed E-state index contributed by atoms with van der Waals surface area (Å²) in [6.45, 7) is 3.19. The van der Waals surface area contributed by atoms with Gasteiger partial charge in [-0.15, -0.1) is 0 Å². The predicted molar refractivity (Wildman–Crippen MR) is 147 cm³/mol. The Labute approximate surface area is 217 Å². The minimum atomic E-state index is -3.51. The fourth-order valence-corrected chi connectivity index (χ4v) is 6.58. The van der Waals surface area contributed by atoms with Gasteiger partial charge in [0, 0.05) is 49.4 Å². The van der Waals surface area contributed by atoms with Crippen LogP contribution < -0.4 is 11.6 Å². The van der Waals surface area contributed by atoms with Crippen molar-refractivity contribution in [3.05, 3.63) is 77.6 Å². The van der Waals surface area contributed by atoms with E-state index in [9.17, 15) is 8.42 Å². The van der Waals surface area contributed by atoms with Gasteiger partial charge in [-0.3, -0.25) is 4.98 Å². The van der Waals surface area contributed by atoms with Crippen molar-refractivity contribution in [1.29, 1.82) is 0 Å². The van der Waals surface area contributed by atoms with Crippen molar-refractivity contribution in [2.75, 3.05) is 26.5 Å². The Kier molecular flexibility index (Phi) is 6.70. The molecule has 0 spiro atoms. The second kappa shape index (κ2) is 9.81.